The van der Waals surface area contributed by atoms with Gasteiger partial charge in [0.05, 0.1) is 19.3 Å². The third kappa shape index (κ3) is 4.95. The molecule has 1 fully saturated rings. The van der Waals surface area contributed by atoms with Gasteiger partial charge in [0.2, 0.25) is 15.9 Å². The summed E-state index contributed by atoms with van der Waals surface area (Å²) in [7, 11) is -1.60. The van der Waals surface area contributed by atoms with Crippen molar-refractivity contribution in [2.45, 2.75) is 26.2 Å². The fraction of sp³-hybridized carbons (Fsp3) is 0.588. The van der Waals surface area contributed by atoms with Gasteiger partial charge >= 0.3 is 0 Å². The average Bonchev–Trinajstić information content (AvgIpc) is 2.81. The summed E-state index contributed by atoms with van der Waals surface area (Å²) in [6, 6.07) is 7.46. The van der Waals surface area contributed by atoms with E-state index in [4.69, 9.17) is 4.74 Å². The van der Waals surface area contributed by atoms with Crippen molar-refractivity contribution in [2.24, 2.45) is 0 Å². The molecule has 134 valence electrons. The van der Waals surface area contributed by atoms with E-state index in [1.54, 1.807) is 12.0 Å². The number of methoxy groups -OCH3 is 1. The van der Waals surface area contributed by atoms with Crippen LogP contribution >= 0.6 is 0 Å². The normalized spacial score (nSPS) is 16.7. The standard InChI is InChI=1S/C17H26N2O4S/c1-3-12-24(21,22)19-9-5-8-18(10-11-19)17(20)14-15-6-4-7-16(13-15)23-2/h4,6-7,13H,3,5,8-12,14H2,1-2H3. The maximum absolute atomic E-state index is 12.5. The van der Waals surface area contributed by atoms with E-state index >= 15 is 0 Å². The molecule has 7 heteroatoms. The van der Waals surface area contributed by atoms with Gasteiger partial charge in [-0.1, -0.05) is 19.1 Å². The third-order valence-corrected chi connectivity index (χ3v) is 6.23. The molecule has 1 saturated heterocycles. The van der Waals surface area contributed by atoms with Crippen LogP contribution in [-0.2, 0) is 21.2 Å². The van der Waals surface area contributed by atoms with Crippen molar-refractivity contribution in [3.8, 4) is 5.75 Å². The van der Waals surface area contributed by atoms with Crippen LogP contribution in [0, 0.1) is 0 Å². The Morgan fingerprint density at radius 2 is 2.00 bits per heavy atom. The van der Waals surface area contributed by atoms with Crippen molar-refractivity contribution < 1.29 is 17.9 Å². The van der Waals surface area contributed by atoms with E-state index in [1.165, 1.54) is 4.31 Å². The lowest BCUT2D eigenvalue weighted by Crippen LogP contribution is -2.38. The molecule has 0 aromatic heterocycles. The minimum absolute atomic E-state index is 0.0259. The van der Waals surface area contributed by atoms with Crippen LogP contribution in [-0.4, -0.2) is 62.6 Å². The Kier molecular flexibility index (Phi) is 6.62. The van der Waals surface area contributed by atoms with E-state index in [0.29, 0.717) is 45.4 Å². The van der Waals surface area contributed by atoms with Gasteiger partial charge in [-0.15, -0.1) is 0 Å². The molecule has 0 saturated carbocycles. The van der Waals surface area contributed by atoms with Crippen LogP contribution in [0.4, 0.5) is 0 Å². The number of ether oxygens (including phenoxy) is 1. The lowest BCUT2D eigenvalue weighted by molar-refractivity contribution is -0.130. The van der Waals surface area contributed by atoms with Gasteiger partial charge in [-0.3, -0.25) is 4.79 Å². The minimum atomic E-state index is -3.19. The molecular formula is C17H26N2O4S. The Labute approximate surface area is 144 Å². The van der Waals surface area contributed by atoms with Crippen molar-refractivity contribution in [3.05, 3.63) is 29.8 Å². The predicted octanol–water partition coefficient (Wildman–Crippen LogP) is 1.51. The van der Waals surface area contributed by atoms with E-state index in [-0.39, 0.29) is 11.7 Å². The van der Waals surface area contributed by atoms with E-state index in [2.05, 4.69) is 0 Å². The summed E-state index contributed by atoms with van der Waals surface area (Å²) in [4.78, 5) is 14.3. The predicted molar refractivity (Wildman–Crippen MR) is 93.5 cm³/mol. The second-order valence-electron chi connectivity index (χ2n) is 5.98. The molecule has 1 aromatic rings. The molecule has 6 nitrogen and oxygen atoms in total. The van der Waals surface area contributed by atoms with Crippen LogP contribution in [0.1, 0.15) is 25.3 Å². The first-order valence-electron chi connectivity index (χ1n) is 8.35. The molecule has 0 unspecified atom stereocenters. The molecule has 0 spiro atoms. The molecule has 2 rings (SSSR count). The summed E-state index contributed by atoms with van der Waals surface area (Å²) >= 11 is 0. The van der Waals surface area contributed by atoms with Gasteiger partial charge in [-0.25, -0.2) is 12.7 Å². The number of hydrogen-bond donors (Lipinski definition) is 0. The van der Waals surface area contributed by atoms with Gasteiger partial charge in [0, 0.05) is 26.2 Å². The van der Waals surface area contributed by atoms with E-state index in [1.807, 2.05) is 31.2 Å². The quantitative estimate of drug-likeness (QED) is 0.777. The highest BCUT2D eigenvalue weighted by molar-refractivity contribution is 7.89. The van der Waals surface area contributed by atoms with Crippen molar-refractivity contribution >= 4 is 15.9 Å². The number of rotatable bonds is 6. The lowest BCUT2D eigenvalue weighted by Gasteiger charge is -2.22. The minimum Gasteiger partial charge on any atom is -0.497 e. The molecule has 0 atom stereocenters. The van der Waals surface area contributed by atoms with Crippen molar-refractivity contribution in [2.75, 3.05) is 39.0 Å². The van der Waals surface area contributed by atoms with Gasteiger partial charge in [0.1, 0.15) is 5.75 Å². The van der Waals surface area contributed by atoms with Gasteiger partial charge in [-0.05, 0) is 30.5 Å². The van der Waals surface area contributed by atoms with Crippen molar-refractivity contribution in [1.29, 1.82) is 0 Å². The fourth-order valence-corrected chi connectivity index (χ4v) is 4.42. The largest absolute Gasteiger partial charge is 0.497 e. The van der Waals surface area contributed by atoms with Crippen LogP contribution in [0.5, 0.6) is 5.75 Å². The highest BCUT2D eigenvalue weighted by Gasteiger charge is 2.26. The number of carbonyl (C=O) groups is 1. The van der Waals surface area contributed by atoms with Crippen molar-refractivity contribution in [1.82, 2.24) is 9.21 Å². The van der Waals surface area contributed by atoms with Crippen molar-refractivity contribution in [3.63, 3.8) is 0 Å². The first-order valence-corrected chi connectivity index (χ1v) is 9.95. The topological polar surface area (TPSA) is 66.9 Å². The van der Waals surface area contributed by atoms with E-state index < -0.39 is 10.0 Å². The lowest BCUT2D eigenvalue weighted by atomic mass is 10.1. The highest BCUT2D eigenvalue weighted by Crippen LogP contribution is 2.15. The van der Waals surface area contributed by atoms with Crippen LogP contribution in [0.2, 0.25) is 0 Å². The molecule has 1 aliphatic rings. The number of carbonyl (C=O) groups excluding carboxylic acids is 1. The number of sulfonamides is 1. The molecule has 24 heavy (non-hydrogen) atoms. The maximum atomic E-state index is 12.5. The molecule has 1 aromatic carbocycles. The fourth-order valence-electron chi connectivity index (χ4n) is 2.88. The molecule has 0 N–H and O–H groups in total. The Balaban J connectivity index is 1.96. The Morgan fingerprint density at radius 3 is 2.71 bits per heavy atom. The van der Waals surface area contributed by atoms with Crippen LogP contribution in [0.25, 0.3) is 0 Å². The number of amides is 1. The zero-order chi connectivity index (χ0) is 17.6. The second kappa shape index (κ2) is 8.48. The van der Waals surface area contributed by atoms with E-state index in [9.17, 15) is 13.2 Å². The second-order valence-corrected chi connectivity index (χ2v) is 8.07. The number of benzene rings is 1. The van der Waals surface area contributed by atoms with Crippen LogP contribution in [0.3, 0.4) is 0 Å². The molecule has 1 heterocycles. The summed E-state index contributed by atoms with van der Waals surface area (Å²) in [5.41, 5.74) is 0.902. The summed E-state index contributed by atoms with van der Waals surface area (Å²) < 4.78 is 31.1. The molecule has 1 aliphatic heterocycles. The summed E-state index contributed by atoms with van der Waals surface area (Å²) in [6.07, 6.45) is 1.59. The Hall–Kier alpha value is -1.60. The monoisotopic (exact) mass is 354 g/mol. The maximum Gasteiger partial charge on any atom is 0.227 e. The zero-order valence-electron chi connectivity index (χ0n) is 14.4. The van der Waals surface area contributed by atoms with Crippen LogP contribution < -0.4 is 4.74 Å². The van der Waals surface area contributed by atoms with Gasteiger partial charge in [0.15, 0.2) is 0 Å². The summed E-state index contributed by atoms with van der Waals surface area (Å²) in [5, 5.41) is 0. The molecule has 0 bridgehead atoms. The van der Waals surface area contributed by atoms with Gasteiger partial charge in [0.25, 0.3) is 0 Å². The first-order chi connectivity index (χ1) is 11.5. The zero-order valence-corrected chi connectivity index (χ0v) is 15.2. The van der Waals surface area contributed by atoms with E-state index in [0.717, 1.165) is 11.3 Å². The smallest absolute Gasteiger partial charge is 0.227 e. The van der Waals surface area contributed by atoms with Gasteiger partial charge in [-0.2, -0.15) is 0 Å². The SMILES string of the molecule is CCCS(=O)(=O)N1CCCN(C(=O)Cc2cccc(OC)c2)CC1. The third-order valence-electron chi connectivity index (χ3n) is 4.15. The molecular weight excluding hydrogens is 328 g/mol. The highest BCUT2D eigenvalue weighted by atomic mass is 32.2. The van der Waals surface area contributed by atoms with Gasteiger partial charge < -0.3 is 9.64 Å². The number of hydrogen-bond acceptors (Lipinski definition) is 4. The Morgan fingerprint density at radius 1 is 1.21 bits per heavy atom. The first kappa shape index (κ1) is 18.7. The average molecular weight is 354 g/mol. The van der Waals surface area contributed by atoms with Crippen LogP contribution in [0.15, 0.2) is 24.3 Å². The summed E-state index contributed by atoms with van der Waals surface area (Å²) in [6.45, 7) is 3.78. The molecule has 0 radical (unpaired) electrons. The Bertz CT molecular complexity index is 660. The number of nitrogens with zero attached hydrogens (tertiary/aromatic N) is 2. The summed E-state index contributed by atoms with van der Waals surface area (Å²) in [5.74, 6) is 0.927. The molecule has 1 amide bonds. The molecule has 0 aliphatic carbocycles.